The van der Waals surface area contributed by atoms with E-state index in [1.807, 2.05) is 0 Å². The van der Waals surface area contributed by atoms with Gasteiger partial charge in [0.2, 0.25) is 0 Å². The third kappa shape index (κ3) is 3.35. The van der Waals surface area contributed by atoms with Gasteiger partial charge in [-0.1, -0.05) is 6.42 Å². The van der Waals surface area contributed by atoms with E-state index < -0.39 is 0 Å². The summed E-state index contributed by atoms with van der Waals surface area (Å²) in [6.07, 6.45) is 7.99. The van der Waals surface area contributed by atoms with Crippen molar-refractivity contribution in [1.29, 1.82) is 0 Å². The van der Waals surface area contributed by atoms with Crippen molar-refractivity contribution in [2.45, 2.75) is 38.1 Å². The Bertz CT molecular complexity index is 554. The molecule has 2 atom stereocenters. The van der Waals surface area contributed by atoms with Crippen molar-refractivity contribution in [2.75, 3.05) is 55.7 Å². The molecule has 6 heteroatoms. The van der Waals surface area contributed by atoms with Crippen LogP contribution >= 0.6 is 0 Å². The zero-order chi connectivity index (χ0) is 16.4. The van der Waals surface area contributed by atoms with Gasteiger partial charge in [0, 0.05) is 51.4 Å². The average Bonchev–Trinajstić information content (AvgIpc) is 2.68. The van der Waals surface area contributed by atoms with Crippen LogP contribution < -0.4 is 9.80 Å². The van der Waals surface area contributed by atoms with Gasteiger partial charge in [-0.05, 0) is 38.1 Å². The van der Waals surface area contributed by atoms with Crippen molar-refractivity contribution in [3.63, 3.8) is 0 Å². The summed E-state index contributed by atoms with van der Waals surface area (Å²) in [6, 6.07) is 2.85. The van der Waals surface area contributed by atoms with Gasteiger partial charge in [0.15, 0.2) is 0 Å². The minimum Gasteiger partial charge on any atom is -0.396 e. The van der Waals surface area contributed by atoms with E-state index >= 15 is 0 Å². The highest BCUT2D eigenvalue weighted by Crippen LogP contribution is 2.27. The molecule has 1 aromatic rings. The number of anilines is 2. The number of piperazine rings is 1. The smallest absolute Gasteiger partial charge is 0.134 e. The highest BCUT2D eigenvalue weighted by Gasteiger charge is 2.30. The molecular formula is C18H29N5O. The second kappa shape index (κ2) is 7.23. The summed E-state index contributed by atoms with van der Waals surface area (Å²) in [6.45, 7) is 6.79. The number of aliphatic hydroxyl groups is 1. The van der Waals surface area contributed by atoms with E-state index in [1.165, 1.54) is 25.8 Å². The number of hydrogen-bond acceptors (Lipinski definition) is 6. The van der Waals surface area contributed by atoms with Crippen LogP contribution in [0, 0.1) is 5.92 Å². The highest BCUT2D eigenvalue weighted by atomic mass is 16.3. The van der Waals surface area contributed by atoms with Crippen molar-refractivity contribution in [3.8, 4) is 0 Å². The standard InChI is InChI=1S/C18H29N5O/c24-13-15-4-3-7-22(11-15)17-10-18(20-14-19-17)23-9-8-21-6-2-1-5-16(21)12-23/h10,14-16,24H,1-9,11-13H2. The first-order valence-corrected chi connectivity index (χ1v) is 9.50. The third-order valence-electron chi connectivity index (χ3n) is 5.90. The molecule has 4 heterocycles. The summed E-state index contributed by atoms with van der Waals surface area (Å²) >= 11 is 0. The minimum atomic E-state index is 0.276. The molecule has 4 rings (SSSR count). The number of fused-ring (bicyclic) bond motifs is 1. The van der Waals surface area contributed by atoms with Crippen LogP contribution in [0.15, 0.2) is 12.4 Å². The molecule has 2 unspecified atom stereocenters. The number of rotatable bonds is 3. The Labute approximate surface area is 144 Å². The number of aromatic nitrogens is 2. The maximum absolute atomic E-state index is 9.45. The molecule has 0 aromatic carbocycles. The molecule has 0 bridgehead atoms. The van der Waals surface area contributed by atoms with Gasteiger partial charge in [-0.15, -0.1) is 0 Å². The Balaban J connectivity index is 1.46. The van der Waals surface area contributed by atoms with Gasteiger partial charge in [-0.2, -0.15) is 0 Å². The lowest BCUT2D eigenvalue weighted by molar-refractivity contribution is 0.133. The molecule has 132 valence electrons. The fraction of sp³-hybridized carbons (Fsp3) is 0.778. The van der Waals surface area contributed by atoms with Crippen LogP contribution in [0.2, 0.25) is 0 Å². The second-order valence-corrected chi connectivity index (χ2v) is 7.50. The van der Waals surface area contributed by atoms with Gasteiger partial charge in [-0.3, -0.25) is 4.90 Å². The molecule has 1 N–H and O–H groups in total. The predicted octanol–water partition coefficient (Wildman–Crippen LogP) is 1.36. The SMILES string of the molecule is OCC1CCCN(c2cc(N3CCN4CCCCC4C3)ncn2)C1. The van der Waals surface area contributed by atoms with Crippen LogP contribution in [-0.2, 0) is 0 Å². The fourth-order valence-corrected chi connectivity index (χ4v) is 4.47. The molecule has 0 aliphatic carbocycles. The van der Waals surface area contributed by atoms with Crippen LogP contribution in [0.5, 0.6) is 0 Å². The van der Waals surface area contributed by atoms with E-state index in [-0.39, 0.29) is 6.61 Å². The molecular weight excluding hydrogens is 302 g/mol. The summed E-state index contributed by atoms with van der Waals surface area (Å²) in [7, 11) is 0. The van der Waals surface area contributed by atoms with Crippen LogP contribution in [-0.4, -0.2) is 71.9 Å². The minimum absolute atomic E-state index is 0.276. The van der Waals surface area contributed by atoms with Gasteiger partial charge < -0.3 is 14.9 Å². The predicted molar refractivity (Wildman–Crippen MR) is 95.5 cm³/mol. The molecule has 3 fully saturated rings. The largest absolute Gasteiger partial charge is 0.396 e. The Morgan fingerprint density at radius 2 is 1.75 bits per heavy atom. The molecule has 0 saturated carbocycles. The summed E-state index contributed by atoms with van der Waals surface area (Å²) in [5.41, 5.74) is 0. The molecule has 0 amide bonds. The summed E-state index contributed by atoms with van der Waals surface area (Å²) in [4.78, 5) is 16.5. The highest BCUT2D eigenvalue weighted by molar-refractivity contribution is 5.50. The molecule has 0 radical (unpaired) electrons. The lowest BCUT2D eigenvalue weighted by atomic mass is 9.99. The first-order valence-electron chi connectivity index (χ1n) is 9.50. The van der Waals surface area contributed by atoms with Crippen LogP contribution in [0.4, 0.5) is 11.6 Å². The van der Waals surface area contributed by atoms with E-state index in [0.29, 0.717) is 12.0 Å². The third-order valence-corrected chi connectivity index (χ3v) is 5.90. The average molecular weight is 331 g/mol. The first kappa shape index (κ1) is 16.1. The lowest BCUT2D eigenvalue weighted by Crippen LogP contribution is -2.55. The first-order chi connectivity index (χ1) is 11.8. The fourth-order valence-electron chi connectivity index (χ4n) is 4.47. The van der Waals surface area contributed by atoms with E-state index in [1.54, 1.807) is 6.33 Å². The zero-order valence-corrected chi connectivity index (χ0v) is 14.5. The van der Waals surface area contributed by atoms with Crippen LogP contribution in [0.3, 0.4) is 0 Å². The molecule has 3 aliphatic rings. The van der Waals surface area contributed by atoms with Crippen molar-refractivity contribution < 1.29 is 5.11 Å². The normalized spacial score (nSPS) is 28.7. The molecule has 24 heavy (non-hydrogen) atoms. The topological polar surface area (TPSA) is 55.7 Å². The molecule has 1 aromatic heterocycles. The molecule has 6 nitrogen and oxygen atoms in total. The summed E-state index contributed by atoms with van der Waals surface area (Å²) in [5.74, 6) is 2.46. The maximum Gasteiger partial charge on any atom is 0.134 e. The van der Waals surface area contributed by atoms with E-state index in [4.69, 9.17) is 0 Å². The second-order valence-electron chi connectivity index (χ2n) is 7.50. The number of nitrogens with zero attached hydrogens (tertiary/aromatic N) is 5. The van der Waals surface area contributed by atoms with Crippen molar-refractivity contribution in [1.82, 2.24) is 14.9 Å². The number of aliphatic hydroxyl groups excluding tert-OH is 1. The number of hydrogen-bond donors (Lipinski definition) is 1. The van der Waals surface area contributed by atoms with Crippen molar-refractivity contribution in [2.24, 2.45) is 5.92 Å². The van der Waals surface area contributed by atoms with Gasteiger partial charge >= 0.3 is 0 Å². The molecule has 3 saturated heterocycles. The zero-order valence-electron chi connectivity index (χ0n) is 14.5. The van der Waals surface area contributed by atoms with Gasteiger partial charge in [-0.25, -0.2) is 9.97 Å². The van der Waals surface area contributed by atoms with Gasteiger partial charge in [0.25, 0.3) is 0 Å². The van der Waals surface area contributed by atoms with Crippen LogP contribution in [0.1, 0.15) is 32.1 Å². The monoisotopic (exact) mass is 331 g/mol. The molecule has 3 aliphatic heterocycles. The maximum atomic E-state index is 9.45. The molecule has 0 spiro atoms. The van der Waals surface area contributed by atoms with Gasteiger partial charge in [0.1, 0.15) is 18.0 Å². The Morgan fingerprint density at radius 3 is 2.58 bits per heavy atom. The van der Waals surface area contributed by atoms with Crippen molar-refractivity contribution >= 4 is 11.6 Å². The lowest BCUT2D eigenvalue weighted by Gasteiger charge is -2.44. The summed E-state index contributed by atoms with van der Waals surface area (Å²) in [5, 5.41) is 9.45. The van der Waals surface area contributed by atoms with Crippen LogP contribution in [0.25, 0.3) is 0 Å². The Hall–Kier alpha value is -1.40. The van der Waals surface area contributed by atoms with E-state index in [0.717, 1.165) is 57.2 Å². The van der Waals surface area contributed by atoms with Crippen molar-refractivity contribution in [3.05, 3.63) is 12.4 Å². The summed E-state index contributed by atoms with van der Waals surface area (Å²) < 4.78 is 0. The quantitative estimate of drug-likeness (QED) is 0.903. The van der Waals surface area contributed by atoms with E-state index in [9.17, 15) is 5.11 Å². The Kier molecular flexibility index (Phi) is 4.85. The van der Waals surface area contributed by atoms with E-state index in [2.05, 4.69) is 30.7 Å². The number of piperidine rings is 2. The van der Waals surface area contributed by atoms with Gasteiger partial charge in [0.05, 0.1) is 0 Å². The Morgan fingerprint density at radius 1 is 0.917 bits per heavy atom.